The Hall–Kier alpha value is -0.480. The minimum atomic E-state index is -0.302. The number of hydrogen-bond acceptors (Lipinski definition) is 1. The molecular formula is C10H18O. The fraction of sp³-hybridized carbons (Fsp3) is 0.800. The average Bonchev–Trinajstić information content (AvgIpc) is 1.97. The van der Waals surface area contributed by atoms with Gasteiger partial charge in [-0.15, -0.1) is 5.92 Å². The second-order valence-electron chi connectivity index (χ2n) is 2.95. The van der Waals surface area contributed by atoms with E-state index in [2.05, 4.69) is 18.8 Å². The highest BCUT2D eigenvalue weighted by Gasteiger charge is 2.02. The van der Waals surface area contributed by atoms with Crippen molar-refractivity contribution < 1.29 is 5.11 Å². The van der Waals surface area contributed by atoms with Gasteiger partial charge in [0.2, 0.25) is 0 Å². The zero-order chi connectivity index (χ0) is 8.69. The standard InChI is InChI=1S/C10H18O/c1-4-5-6-7-8-9(2)10(3)11/h9-11H,4-6H2,1-3H3. The fourth-order valence-corrected chi connectivity index (χ4v) is 0.619. The van der Waals surface area contributed by atoms with E-state index < -0.39 is 0 Å². The summed E-state index contributed by atoms with van der Waals surface area (Å²) < 4.78 is 0. The van der Waals surface area contributed by atoms with E-state index in [1.807, 2.05) is 6.92 Å². The topological polar surface area (TPSA) is 20.2 Å². The Morgan fingerprint density at radius 1 is 1.36 bits per heavy atom. The summed E-state index contributed by atoms with van der Waals surface area (Å²) in [4.78, 5) is 0. The van der Waals surface area contributed by atoms with Crippen LogP contribution in [0, 0.1) is 17.8 Å². The van der Waals surface area contributed by atoms with Gasteiger partial charge in [-0.1, -0.05) is 19.3 Å². The van der Waals surface area contributed by atoms with Crippen LogP contribution in [0.3, 0.4) is 0 Å². The molecule has 0 amide bonds. The van der Waals surface area contributed by atoms with E-state index >= 15 is 0 Å². The molecule has 0 bridgehead atoms. The number of rotatable bonds is 3. The van der Waals surface area contributed by atoms with Gasteiger partial charge in [0, 0.05) is 12.3 Å². The van der Waals surface area contributed by atoms with Crippen LogP contribution in [0.1, 0.15) is 40.0 Å². The molecule has 0 spiro atoms. The Morgan fingerprint density at radius 3 is 2.45 bits per heavy atom. The first kappa shape index (κ1) is 10.5. The SMILES string of the molecule is CCCCC#CC(C)C(C)O. The van der Waals surface area contributed by atoms with Crippen molar-refractivity contribution in [1.82, 2.24) is 0 Å². The Balaban J connectivity index is 3.51. The molecule has 0 radical (unpaired) electrons. The average molecular weight is 154 g/mol. The molecular weight excluding hydrogens is 136 g/mol. The van der Waals surface area contributed by atoms with E-state index in [0.29, 0.717) is 0 Å². The molecule has 0 rings (SSSR count). The molecule has 0 saturated heterocycles. The van der Waals surface area contributed by atoms with Crippen molar-refractivity contribution >= 4 is 0 Å². The van der Waals surface area contributed by atoms with Crippen molar-refractivity contribution in [3.63, 3.8) is 0 Å². The summed E-state index contributed by atoms with van der Waals surface area (Å²) in [6.45, 7) is 5.88. The van der Waals surface area contributed by atoms with Gasteiger partial charge in [0.1, 0.15) is 0 Å². The molecule has 0 aliphatic carbocycles. The third kappa shape index (κ3) is 5.94. The van der Waals surface area contributed by atoms with E-state index in [9.17, 15) is 0 Å². The van der Waals surface area contributed by atoms with E-state index in [1.165, 1.54) is 12.8 Å². The Kier molecular flexibility index (Phi) is 5.97. The predicted octanol–water partition coefficient (Wildman–Crippen LogP) is 2.20. The molecule has 0 aromatic heterocycles. The van der Waals surface area contributed by atoms with E-state index in [0.717, 1.165) is 6.42 Å². The molecule has 1 N–H and O–H groups in total. The monoisotopic (exact) mass is 154 g/mol. The molecule has 0 heterocycles. The third-order valence-corrected chi connectivity index (χ3v) is 1.71. The summed E-state index contributed by atoms with van der Waals surface area (Å²) in [5.41, 5.74) is 0. The van der Waals surface area contributed by atoms with Crippen LogP contribution in [-0.4, -0.2) is 11.2 Å². The third-order valence-electron chi connectivity index (χ3n) is 1.71. The predicted molar refractivity (Wildman–Crippen MR) is 48.1 cm³/mol. The van der Waals surface area contributed by atoms with Gasteiger partial charge < -0.3 is 5.11 Å². The summed E-state index contributed by atoms with van der Waals surface area (Å²) in [5.74, 6) is 6.19. The largest absolute Gasteiger partial charge is 0.392 e. The van der Waals surface area contributed by atoms with Crippen LogP contribution < -0.4 is 0 Å². The molecule has 11 heavy (non-hydrogen) atoms. The molecule has 0 fully saturated rings. The summed E-state index contributed by atoms with van der Waals surface area (Å²) in [6.07, 6.45) is 3.02. The molecule has 0 aliphatic heterocycles. The normalized spacial score (nSPS) is 14.9. The van der Waals surface area contributed by atoms with Gasteiger partial charge in [-0.25, -0.2) is 0 Å². The maximum Gasteiger partial charge on any atom is 0.0646 e. The molecule has 0 saturated carbocycles. The Labute approximate surface area is 69.8 Å². The highest BCUT2D eigenvalue weighted by Crippen LogP contribution is 1.99. The van der Waals surface area contributed by atoms with Crippen molar-refractivity contribution in [2.45, 2.75) is 46.1 Å². The van der Waals surface area contributed by atoms with Crippen LogP contribution in [0.5, 0.6) is 0 Å². The van der Waals surface area contributed by atoms with Crippen LogP contribution in [-0.2, 0) is 0 Å². The van der Waals surface area contributed by atoms with Crippen LogP contribution >= 0.6 is 0 Å². The smallest absolute Gasteiger partial charge is 0.0646 e. The van der Waals surface area contributed by atoms with Gasteiger partial charge >= 0.3 is 0 Å². The quantitative estimate of drug-likeness (QED) is 0.488. The van der Waals surface area contributed by atoms with Gasteiger partial charge in [0.05, 0.1) is 6.10 Å². The Morgan fingerprint density at radius 2 is 2.00 bits per heavy atom. The van der Waals surface area contributed by atoms with Crippen LogP contribution in [0.15, 0.2) is 0 Å². The van der Waals surface area contributed by atoms with Crippen LogP contribution in [0.2, 0.25) is 0 Å². The minimum absolute atomic E-state index is 0.117. The summed E-state index contributed by atoms with van der Waals surface area (Å²) in [6, 6.07) is 0. The van der Waals surface area contributed by atoms with Gasteiger partial charge in [0.15, 0.2) is 0 Å². The molecule has 2 atom stereocenters. The van der Waals surface area contributed by atoms with Crippen molar-refractivity contribution in [1.29, 1.82) is 0 Å². The van der Waals surface area contributed by atoms with E-state index in [1.54, 1.807) is 6.92 Å². The lowest BCUT2D eigenvalue weighted by Gasteiger charge is -2.05. The molecule has 0 aromatic rings. The molecule has 0 aromatic carbocycles. The number of hydrogen-bond donors (Lipinski definition) is 1. The first-order valence-electron chi connectivity index (χ1n) is 4.35. The zero-order valence-electron chi connectivity index (χ0n) is 7.72. The van der Waals surface area contributed by atoms with Crippen LogP contribution in [0.25, 0.3) is 0 Å². The first-order valence-corrected chi connectivity index (χ1v) is 4.35. The van der Waals surface area contributed by atoms with Gasteiger partial charge in [-0.05, 0) is 20.3 Å². The van der Waals surface area contributed by atoms with Crippen molar-refractivity contribution in [3.05, 3.63) is 0 Å². The van der Waals surface area contributed by atoms with E-state index in [-0.39, 0.29) is 12.0 Å². The highest BCUT2D eigenvalue weighted by molar-refractivity contribution is 5.03. The summed E-state index contributed by atoms with van der Waals surface area (Å²) in [5, 5.41) is 9.07. The van der Waals surface area contributed by atoms with Crippen molar-refractivity contribution in [2.24, 2.45) is 5.92 Å². The van der Waals surface area contributed by atoms with Crippen molar-refractivity contribution in [2.75, 3.05) is 0 Å². The number of aliphatic hydroxyl groups excluding tert-OH is 1. The number of unbranched alkanes of at least 4 members (excludes halogenated alkanes) is 2. The van der Waals surface area contributed by atoms with Gasteiger partial charge in [0.25, 0.3) is 0 Å². The maximum absolute atomic E-state index is 9.07. The molecule has 2 unspecified atom stereocenters. The molecule has 0 aliphatic rings. The fourth-order valence-electron chi connectivity index (χ4n) is 0.619. The lowest BCUT2D eigenvalue weighted by atomic mass is 10.1. The molecule has 1 heteroatoms. The lowest BCUT2D eigenvalue weighted by Crippen LogP contribution is -2.10. The Bertz CT molecular complexity index is 139. The summed E-state index contributed by atoms with van der Waals surface area (Å²) in [7, 11) is 0. The highest BCUT2D eigenvalue weighted by atomic mass is 16.3. The molecule has 64 valence electrons. The van der Waals surface area contributed by atoms with E-state index in [4.69, 9.17) is 5.11 Å². The first-order chi connectivity index (χ1) is 5.18. The maximum atomic E-state index is 9.07. The van der Waals surface area contributed by atoms with Gasteiger partial charge in [-0.2, -0.15) is 0 Å². The summed E-state index contributed by atoms with van der Waals surface area (Å²) >= 11 is 0. The lowest BCUT2D eigenvalue weighted by molar-refractivity contribution is 0.161. The second-order valence-corrected chi connectivity index (χ2v) is 2.95. The minimum Gasteiger partial charge on any atom is -0.392 e. The zero-order valence-corrected chi connectivity index (χ0v) is 7.72. The number of aliphatic hydroxyl groups is 1. The van der Waals surface area contributed by atoms with Crippen molar-refractivity contribution in [3.8, 4) is 11.8 Å². The van der Waals surface area contributed by atoms with Crippen LogP contribution in [0.4, 0.5) is 0 Å². The van der Waals surface area contributed by atoms with Gasteiger partial charge in [-0.3, -0.25) is 0 Å². The molecule has 1 nitrogen and oxygen atoms in total. The second kappa shape index (κ2) is 6.24.